The fraction of sp³-hybridized carbons (Fsp3) is 0.750. The van der Waals surface area contributed by atoms with Gasteiger partial charge in [-0.3, -0.25) is 4.68 Å². The summed E-state index contributed by atoms with van der Waals surface area (Å²) in [6.45, 7) is 4.45. The Morgan fingerprint density at radius 1 is 1.47 bits per heavy atom. The molecule has 1 atom stereocenters. The van der Waals surface area contributed by atoms with Crippen LogP contribution in [0, 0.1) is 5.92 Å². The lowest BCUT2D eigenvalue weighted by Gasteiger charge is -2.13. The van der Waals surface area contributed by atoms with Crippen LogP contribution < -0.4 is 5.73 Å². The molecule has 15 heavy (non-hydrogen) atoms. The molecule has 0 aromatic carbocycles. The van der Waals surface area contributed by atoms with Crippen LogP contribution in [0.15, 0.2) is 12.4 Å². The highest BCUT2D eigenvalue weighted by atomic mass is 15.2. The van der Waals surface area contributed by atoms with E-state index in [4.69, 9.17) is 5.73 Å². The second kappa shape index (κ2) is 5.91. The molecule has 0 aliphatic heterocycles. The Morgan fingerprint density at radius 3 is 2.73 bits per heavy atom. The lowest BCUT2D eigenvalue weighted by Crippen LogP contribution is -2.21. The molecular formula is C12H23N3. The van der Waals surface area contributed by atoms with Gasteiger partial charge in [0.2, 0.25) is 0 Å². The highest BCUT2D eigenvalue weighted by molar-refractivity contribution is 5.03. The van der Waals surface area contributed by atoms with Crippen LogP contribution in [0.1, 0.15) is 38.7 Å². The zero-order valence-electron chi connectivity index (χ0n) is 10.1. The topological polar surface area (TPSA) is 43.8 Å². The van der Waals surface area contributed by atoms with Crippen molar-refractivity contribution < 1.29 is 0 Å². The van der Waals surface area contributed by atoms with Gasteiger partial charge in [0.05, 0.1) is 6.20 Å². The van der Waals surface area contributed by atoms with E-state index >= 15 is 0 Å². The van der Waals surface area contributed by atoms with E-state index in [0.717, 1.165) is 19.3 Å². The number of aromatic nitrogens is 2. The molecule has 86 valence electrons. The Labute approximate surface area is 92.7 Å². The van der Waals surface area contributed by atoms with E-state index in [1.54, 1.807) is 0 Å². The third-order valence-electron chi connectivity index (χ3n) is 2.57. The molecule has 0 bridgehead atoms. The van der Waals surface area contributed by atoms with Gasteiger partial charge in [-0.2, -0.15) is 5.10 Å². The fourth-order valence-corrected chi connectivity index (χ4v) is 1.89. The van der Waals surface area contributed by atoms with Crippen LogP contribution in [0.4, 0.5) is 0 Å². The Bertz CT molecular complexity index is 278. The van der Waals surface area contributed by atoms with Crippen LogP contribution in [0.5, 0.6) is 0 Å². The molecule has 1 heterocycles. The van der Waals surface area contributed by atoms with Crippen molar-refractivity contribution in [3.05, 3.63) is 18.0 Å². The van der Waals surface area contributed by atoms with Gasteiger partial charge in [0, 0.05) is 19.3 Å². The van der Waals surface area contributed by atoms with Gasteiger partial charge >= 0.3 is 0 Å². The monoisotopic (exact) mass is 209 g/mol. The summed E-state index contributed by atoms with van der Waals surface area (Å²) in [6, 6.07) is 0.363. The first-order valence-corrected chi connectivity index (χ1v) is 5.81. The molecule has 2 N–H and O–H groups in total. The summed E-state index contributed by atoms with van der Waals surface area (Å²) in [6.07, 6.45) is 8.53. The molecule has 1 rings (SSSR count). The molecule has 1 unspecified atom stereocenters. The summed E-state index contributed by atoms with van der Waals surface area (Å²) >= 11 is 0. The molecule has 0 amide bonds. The predicted molar refractivity (Wildman–Crippen MR) is 63.6 cm³/mol. The van der Waals surface area contributed by atoms with Crippen LogP contribution >= 0.6 is 0 Å². The highest BCUT2D eigenvalue weighted by Gasteiger charge is 2.05. The Kier molecular flexibility index (Phi) is 4.82. The predicted octanol–water partition coefficient (Wildman–Crippen LogP) is 2.12. The first kappa shape index (κ1) is 12.2. The summed E-state index contributed by atoms with van der Waals surface area (Å²) in [4.78, 5) is 0. The van der Waals surface area contributed by atoms with E-state index in [9.17, 15) is 0 Å². The van der Waals surface area contributed by atoms with E-state index in [2.05, 4.69) is 25.1 Å². The molecule has 0 spiro atoms. The third-order valence-corrected chi connectivity index (χ3v) is 2.57. The van der Waals surface area contributed by atoms with Crippen LogP contribution in [0.25, 0.3) is 0 Å². The molecular weight excluding hydrogens is 186 g/mol. The van der Waals surface area contributed by atoms with Gasteiger partial charge in [0.15, 0.2) is 0 Å². The normalized spacial score (nSPS) is 13.4. The van der Waals surface area contributed by atoms with Crippen molar-refractivity contribution in [3.63, 3.8) is 0 Å². The van der Waals surface area contributed by atoms with Crippen LogP contribution in [-0.2, 0) is 13.5 Å². The van der Waals surface area contributed by atoms with E-state index < -0.39 is 0 Å². The first-order chi connectivity index (χ1) is 7.08. The number of nitrogens with two attached hydrogens (primary N) is 1. The highest BCUT2D eigenvalue weighted by Crippen LogP contribution is 2.10. The Hall–Kier alpha value is -0.830. The molecule has 0 saturated carbocycles. The molecule has 0 saturated heterocycles. The van der Waals surface area contributed by atoms with Crippen molar-refractivity contribution in [3.8, 4) is 0 Å². The molecule has 1 aromatic rings. The standard InChI is InChI=1S/C12H23N3/c1-10(2)7-12(13)6-4-5-11-8-14-15(3)9-11/h8-10,12H,4-7,13H2,1-3H3. The fourth-order valence-electron chi connectivity index (χ4n) is 1.89. The minimum atomic E-state index is 0.363. The third kappa shape index (κ3) is 4.98. The van der Waals surface area contributed by atoms with Crippen LogP contribution in [-0.4, -0.2) is 15.8 Å². The van der Waals surface area contributed by atoms with Gasteiger partial charge in [-0.15, -0.1) is 0 Å². The maximum atomic E-state index is 6.02. The second-order valence-electron chi connectivity index (χ2n) is 4.80. The van der Waals surface area contributed by atoms with Gasteiger partial charge < -0.3 is 5.73 Å². The van der Waals surface area contributed by atoms with Crippen molar-refractivity contribution in [1.82, 2.24) is 9.78 Å². The lowest BCUT2D eigenvalue weighted by molar-refractivity contribution is 0.463. The molecule has 3 heteroatoms. The van der Waals surface area contributed by atoms with E-state index in [1.807, 2.05) is 17.9 Å². The number of hydrogen-bond donors (Lipinski definition) is 1. The van der Waals surface area contributed by atoms with Gasteiger partial charge in [-0.05, 0) is 37.2 Å². The van der Waals surface area contributed by atoms with Crippen LogP contribution in [0.3, 0.4) is 0 Å². The summed E-state index contributed by atoms with van der Waals surface area (Å²) in [7, 11) is 1.95. The van der Waals surface area contributed by atoms with E-state index in [0.29, 0.717) is 12.0 Å². The van der Waals surface area contributed by atoms with Crippen molar-refractivity contribution in [2.45, 2.75) is 45.6 Å². The average molecular weight is 209 g/mol. The molecule has 0 fully saturated rings. The molecule has 0 aliphatic rings. The SMILES string of the molecule is CC(C)CC(N)CCCc1cnn(C)c1. The molecule has 1 aromatic heterocycles. The van der Waals surface area contributed by atoms with Gasteiger partial charge in [0.1, 0.15) is 0 Å². The number of aryl methyl sites for hydroxylation is 2. The second-order valence-corrected chi connectivity index (χ2v) is 4.80. The smallest absolute Gasteiger partial charge is 0.0521 e. The molecule has 3 nitrogen and oxygen atoms in total. The summed E-state index contributed by atoms with van der Waals surface area (Å²) in [5, 5.41) is 4.15. The minimum Gasteiger partial charge on any atom is -0.328 e. The zero-order valence-corrected chi connectivity index (χ0v) is 10.1. The van der Waals surface area contributed by atoms with Crippen molar-refractivity contribution in [2.75, 3.05) is 0 Å². The number of hydrogen-bond acceptors (Lipinski definition) is 2. The Morgan fingerprint density at radius 2 is 2.20 bits per heavy atom. The summed E-state index contributed by atoms with van der Waals surface area (Å²) in [5.74, 6) is 0.707. The summed E-state index contributed by atoms with van der Waals surface area (Å²) < 4.78 is 1.85. The van der Waals surface area contributed by atoms with Crippen molar-refractivity contribution in [1.29, 1.82) is 0 Å². The van der Waals surface area contributed by atoms with E-state index in [-0.39, 0.29) is 0 Å². The quantitative estimate of drug-likeness (QED) is 0.780. The van der Waals surface area contributed by atoms with Crippen LogP contribution in [0.2, 0.25) is 0 Å². The van der Waals surface area contributed by atoms with Crippen molar-refractivity contribution >= 4 is 0 Å². The first-order valence-electron chi connectivity index (χ1n) is 5.81. The molecule has 0 radical (unpaired) electrons. The largest absolute Gasteiger partial charge is 0.328 e. The molecule has 0 aliphatic carbocycles. The van der Waals surface area contributed by atoms with Gasteiger partial charge in [0.25, 0.3) is 0 Å². The maximum Gasteiger partial charge on any atom is 0.0521 e. The maximum absolute atomic E-state index is 6.02. The van der Waals surface area contributed by atoms with Crippen molar-refractivity contribution in [2.24, 2.45) is 18.7 Å². The average Bonchev–Trinajstić information content (AvgIpc) is 2.50. The zero-order chi connectivity index (χ0) is 11.3. The van der Waals surface area contributed by atoms with E-state index in [1.165, 1.54) is 12.0 Å². The number of nitrogens with zero attached hydrogens (tertiary/aromatic N) is 2. The number of rotatable bonds is 6. The van der Waals surface area contributed by atoms with Gasteiger partial charge in [-0.25, -0.2) is 0 Å². The lowest BCUT2D eigenvalue weighted by atomic mass is 9.99. The minimum absolute atomic E-state index is 0.363. The summed E-state index contributed by atoms with van der Waals surface area (Å²) in [5.41, 5.74) is 7.34. The Balaban J connectivity index is 2.16. The van der Waals surface area contributed by atoms with Gasteiger partial charge in [-0.1, -0.05) is 13.8 Å².